The van der Waals surface area contributed by atoms with Gasteiger partial charge in [0.1, 0.15) is 0 Å². The van der Waals surface area contributed by atoms with Crippen LogP contribution in [0.5, 0.6) is 0 Å². The third-order valence-corrected chi connectivity index (χ3v) is 1.71. The lowest BCUT2D eigenvalue weighted by atomic mass is 10.4. The molecule has 0 aromatic carbocycles. The monoisotopic (exact) mass is 187 g/mol. The summed E-state index contributed by atoms with van der Waals surface area (Å²) in [6.45, 7) is 6.78. The van der Waals surface area contributed by atoms with Crippen LogP contribution in [0.1, 0.15) is 26.7 Å². The third-order valence-electron chi connectivity index (χ3n) is 1.71. The van der Waals surface area contributed by atoms with Gasteiger partial charge in [-0.3, -0.25) is 0 Å². The molecule has 0 fully saturated rings. The van der Waals surface area contributed by atoms with Gasteiger partial charge in [0, 0.05) is 26.2 Å². The zero-order chi connectivity index (χ0) is 10.1. The van der Waals surface area contributed by atoms with Crippen LogP contribution < -0.4 is 11.1 Å². The van der Waals surface area contributed by atoms with E-state index in [0.29, 0.717) is 13.1 Å². The molecular formula is C9H21N3O. The molecule has 0 bridgehead atoms. The van der Waals surface area contributed by atoms with E-state index in [1.807, 2.05) is 6.92 Å². The number of urea groups is 1. The van der Waals surface area contributed by atoms with Gasteiger partial charge in [-0.15, -0.1) is 0 Å². The first-order valence-corrected chi connectivity index (χ1v) is 4.99. The van der Waals surface area contributed by atoms with Crippen molar-refractivity contribution in [1.29, 1.82) is 0 Å². The molecule has 0 aliphatic rings. The lowest BCUT2D eigenvalue weighted by molar-refractivity contribution is 0.199. The molecule has 0 rings (SSSR count). The lowest BCUT2D eigenvalue weighted by Crippen LogP contribution is -2.43. The van der Waals surface area contributed by atoms with E-state index < -0.39 is 0 Å². The second-order valence-electron chi connectivity index (χ2n) is 3.01. The van der Waals surface area contributed by atoms with Crippen molar-refractivity contribution < 1.29 is 4.79 Å². The minimum absolute atomic E-state index is 0.00847. The molecule has 4 nitrogen and oxygen atoms in total. The van der Waals surface area contributed by atoms with Gasteiger partial charge in [0.25, 0.3) is 0 Å². The van der Waals surface area contributed by atoms with Crippen molar-refractivity contribution in [3.8, 4) is 0 Å². The quantitative estimate of drug-likeness (QED) is 0.645. The maximum atomic E-state index is 11.4. The Labute approximate surface area is 80.5 Å². The molecule has 0 aromatic rings. The van der Waals surface area contributed by atoms with Crippen molar-refractivity contribution in [1.82, 2.24) is 10.2 Å². The van der Waals surface area contributed by atoms with E-state index >= 15 is 0 Å². The van der Waals surface area contributed by atoms with Crippen LogP contribution in [0.2, 0.25) is 0 Å². The van der Waals surface area contributed by atoms with Crippen molar-refractivity contribution in [2.24, 2.45) is 5.73 Å². The number of amides is 2. The highest BCUT2D eigenvalue weighted by Crippen LogP contribution is 1.91. The number of hydrogen-bond donors (Lipinski definition) is 2. The zero-order valence-corrected chi connectivity index (χ0v) is 8.68. The molecule has 0 spiro atoms. The van der Waals surface area contributed by atoms with E-state index in [0.717, 1.165) is 25.9 Å². The fourth-order valence-corrected chi connectivity index (χ4v) is 1.08. The number of nitrogens with one attached hydrogen (secondary N) is 1. The van der Waals surface area contributed by atoms with Crippen LogP contribution in [-0.2, 0) is 0 Å². The molecule has 0 atom stereocenters. The largest absolute Gasteiger partial charge is 0.338 e. The number of carbonyl (C=O) groups excluding carboxylic acids is 1. The summed E-state index contributed by atoms with van der Waals surface area (Å²) in [5.41, 5.74) is 5.40. The minimum atomic E-state index is 0.00847. The van der Waals surface area contributed by atoms with E-state index in [9.17, 15) is 4.79 Å². The average molecular weight is 187 g/mol. The van der Waals surface area contributed by atoms with Gasteiger partial charge in [-0.05, 0) is 12.8 Å². The van der Waals surface area contributed by atoms with Gasteiger partial charge >= 0.3 is 6.03 Å². The number of nitrogens with zero attached hydrogens (tertiary/aromatic N) is 1. The fourth-order valence-electron chi connectivity index (χ4n) is 1.08. The van der Waals surface area contributed by atoms with Gasteiger partial charge in [0.05, 0.1) is 0 Å². The third kappa shape index (κ3) is 5.47. The van der Waals surface area contributed by atoms with Crippen LogP contribution in [0.15, 0.2) is 0 Å². The summed E-state index contributed by atoms with van der Waals surface area (Å²) in [6.07, 6.45) is 1.94. The van der Waals surface area contributed by atoms with Gasteiger partial charge in [-0.2, -0.15) is 0 Å². The Hall–Kier alpha value is -0.770. The van der Waals surface area contributed by atoms with Crippen LogP contribution in [0.25, 0.3) is 0 Å². The van der Waals surface area contributed by atoms with Crippen molar-refractivity contribution in [3.63, 3.8) is 0 Å². The Balaban J connectivity index is 3.80. The molecule has 0 aromatic heterocycles. The van der Waals surface area contributed by atoms with E-state index in [-0.39, 0.29) is 6.03 Å². The second kappa shape index (κ2) is 7.86. The Morgan fingerprint density at radius 2 is 2.00 bits per heavy atom. The molecule has 0 radical (unpaired) electrons. The van der Waals surface area contributed by atoms with Gasteiger partial charge in [-0.25, -0.2) is 4.79 Å². The molecule has 0 saturated carbocycles. The Morgan fingerprint density at radius 3 is 2.46 bits per heavy atom. The van der Waals surface area contributed by atoms with Crippen molar-refractivity contribution in [2.45, 2.75) is 26.7 Å². The second-order valence-corrected chi connectivity index (χ2v) is 3.01. The first kappa shape index (κ1) is 12.2. The maximum absolute atomic E-state index is 11.4. The predicted molar refractivity (Wildman–Crippen MR) is 54.6 cm³/mol. The van der Waals surface area contributed by atoms with Crippen molar-refractivity contribution in [2.75, 3.05) is 26.2 Å². The highest BCUT2D eigenvalue weighted by molar-refractivity contribution is 5.74. The summed E-state index contributed by atoms with van der Waals surface area (Å²) in [7, 11) is 0. The predicted octanol–water partition coefficient (Wildman–Crippen LogP) is 0.777. The van der Waals surface area contributed by atoms with Crippen LogP contribution in [0.4, 0.5) is 4.79 Å². The van der Waals surface area contributed by atoms with Crippen LogP contribution in [0.3, 0.4) is 0 Å². The number of rotatable bonds is 6. The average Bonchev–Trinajstić information content (AvgIpc) is 2.14. The van der Waals surface area contributed by atoms with E-state index in [1.165, 1.54) is 0 Å². The van der Waals surface area contributed by atoms with E-state index in [2.05, 4.69) is 12.2 Å². The van der Waals surface area contributed by atoms with Crippen LogP contribution in [0, 0.1) is 0 Å². The summed E-state index contributed by atoms with van der Waals surface area (Å²) in [5.74, 6) is 0. The molecule has 0 aliphatic carbocycles. The molecule has 0 heterocycles. The molecule has 78 valence electrons. The number of carbonyl (C=O) groups is 1. The molecule has 3 N–H and O–H groups in total. The molecule has 2 amide bonds. The highest BCUT2D eigenvalue weighted by Gasteiger charge is 2.09. The Bertz CT molecular complexity index is 133. The summed E-state index contributed by atoms with van der Waals surface area (Å²) in [6, 6.07) is 0.00847. The molecule has 0 unspecified atom stereocenters. The van der Waals surface area contributed by atoms with E-state index in [1.54, 1.807) is 4.90 Å². The summed E-state index contributed by atoms with van der Waals surface area (Å²) in [4.78, 5) is 13.2. The standard InChI is InChI=1S/C9H21N3O/c1-3-6-11-9(13)12(7-4-2)8-5-10/h3-8,10H2,1-2H3,(H,11,13). The molecule has 0 aliphatic heterocycles. The lowest BCUT2D eigenvalue weighted by Gasteiger charge is -2.21. The van der Waals surface area contributed by atoms with Crippen LogP contribution >= 0.6 is 0 Å². The number of nitrogens with two attached hydrogens (primary N) is 1. The first-order chi connectivity index (χ1) is 6.26. The topological polar surface area (TPSA) is 58.4 Å². The zero-order valence-electron chi connectivity index (χ0n) is 8.68. The normalized spacial score (nSPS) is 9.77. The smallest absolute Gasteiger partial charge is 0.317 e. The van der Waals surface area contributed by atoms with Gasteiger partial charge in [-0.1, -0.05) is 13.8 Å². The molecule has 13 heavy (non-hydrogen) atoms. The van der Waals surface area contributed by atoms with E-state index in [4.69, 9.17) is 5.73 Å². The molecular weight excluding hydrogens is 166 g/mol. The van der Waals surface area contributed by atoms with Gasteiger partial charge in [0.15, 0.2) is 0 Å². The molecule has 4 heteroatoms. The van der Waals surface area contributed by atoms with Gasteiger partial charge in [0.2, 0.25) is 0 Å². The summed E-state index contributed by atoms with van der Waals surface area (Å²) in [5, 5.41) is 2.83. The van der Waals surface area contributed by atoms with Crippen molar-refractivity contribution in [3.05, 3.63) is 0 Å². The molecule has 0 saturated heterocycles. The summed E-state index contributed by atoms with van der Waals surface area (Å²) < 4.78 is 0. The summed E-state index contributed by atoms with van der Waals surface area (Å²) >= 11 is 0. The Kier molecular flexibility index (Phi) is 7.39. The minimum Gasteiger partial charge on any atom is -0.338 e. The van der Waals surface area contributed by atoms with Crippen LogP contribution in [-0.4, -0.2) is 37.1 Å². The fraction of sp³-hybridized carbons (Fsp3) is 0.889. The number of hydrogen-bond acceptors (Lipinski definition) is 2. The van der Waals surface area contributed by atoms with Crippen molar-refractivity contribution >= 4 is 6.03 Å². The highest BCUT2D eigenvalue weighted by atomic mass is 16.2. The SMILES string of the molecule is CCCNC(=O)N(CCC)CCN. The maximum Gasteiger partial charge on any atom is 0.317 e. The Morgan fingerprint density at radius 1 is 1.31 bits per heavy atom. The first-order valence-electron chi connectivity index (χ1n) is 4.99. The van der Waals surface area contributed by atoms with Gasteiger partial charge < -0.3 is 16.0 Å².